The number of fused-ring (bicyclic) bond motifs is 1. The number of anilines is 1. The number of halogens is 2. The summed E-state index contributed by atoms with van der Waals surface area (Å²) in [5.74, 6) is 0.440. The maximum absolute atomic E-state index is 13.5. The van der Waals surface area contributed by atoms with Crippen molar-refractivity contribution < 1.29 is 9.13 Å². The van der Waals surface area contributed by atoms with E-state index in [1.807, 2.05) is 24.3 Å². The van der Waals surface area contributed by atoms with Gasteiger partial charge in [0.15, 0.2) is 0 Å². The molecule has 1 unspecified atom stereocenters. The molecule has 2 aromatic rings. The maximum Gasteiger partial charge on any atom is 0.124 e. The molecule has 26 heavy (non-hydrogen) atoms. The van der Waals surface area contributed by atoms with Crippen LogP contribution in [0.25, 0.3) is 0 Å². The minimum absolute atomic E-state index is 0.345. The molecular weight excluding hydrogens is 351 g/mol. The lowest BCUT2D eigenvalue weighted by molar-refractivity contribution is 0.413. The van der Waals surface area contributed by atoms with Crippen LogP contribution in [0.3, 0.4) is 0 Å². The summed E-state index contributed by atoms with van der Waals surface area (Å²) in [5.41, 5.74) is 3.71. The number of likely N-dealkylation sites (N-methyl/N-ethyl adjacent to an activating group) is 1. The highest BCUT2D eigenvalue weighted by atomic mass is 35.5. The van der Waals surface area contributed by atoms with Gasteiger partial charge in [-0.2, -0.15) is 0 Å². The largest absolute Gasteiger partial charge is 0.497 e. The first kappa shape index (κ1) is 18.5. The molecule has 0 aromatic heterocycles. The summed E-state index contributed by atoms with van der Waals surface area (Å²) >= 11 is 6.31. The molecule has 3 nitrogen and oxygen atoms in total. The summed E-state index contributed by atoms with van der Waals surface area (Å²) in [5, 5.41) is 8.03. The number of allylic oxidation sites excluding steroid dienone is 2. The van der Waals surface area contributed by atoms with E-state index >= 15 is 0 Å². The zero-order valence-corrected chi connectivity index (χ0v) is 15.9. The van der Waals surface area contributed by atoms with E-state index < -0.39 is 5.41 Å². The fraction of sp³-hybridized carbons (Fsp3) is 0.286. The van der Waals surface area contributed by atoms with Crippen LogP contribution < -0.4 is 9.64 Å². The van der Waals surface area contributed by atoms with Crippen molar-refractivity contribution in [2.45, 2.75) is 25.7 Å². The standard InChI is InChI=1S/C21H22ClFN2O/c1-4-25-19-8-7-16(26-3)12-17(19)21(2,20(25)9-10-24)13-14-5-6-15(23)11-18(14)22/h5-12,24H,4,13H2,1-3H3/b20-9-,24-10?. The Balaban J connectivity index is 2.18. The monoisotopic (exact) mass is 372 g/mol. The molecule has 136 valence electrons. The van der Waals surface area contributed by atoms with Gasteiger partial charge < -0.3 is 15.0 Å². The summed E-state index contributed by atoms with van der Waals surface area (Å²) in [6.07, 6.45) is 3.74. The van der Waals surface area contributed by atoms with Crippen molar-refractivity contribution in [2.24, 2.45) is 0 Å². The smallest absolute Gasteiger partial charge is 0.124 e. The van der Waals surface area contributed by atoms with Gasteiger partial charge in [0.1, 0.15) is 11.6 Å². The number of ether oxygens (including phenoxy) is 1. The van der Waals surface area contributed by atoms with Crippen molar-refractivity contribution in [3.8, 4) is 5.75 Å². The van der Waals surface area contributed by atoms with Gasteiger partial charge in [-0.3, -0.25) is 0 Å². The fourth-order valence-electron chi connectivity index (χ4n) is 3.81. The summed E-state index contributed by atoms with van der Waals surface area (Å²) in [6.45, 7) is 5.00. The molecule has 0 fully saturated rings. The van der Waals surface area contributed by atoms with Crippen molar-refractivity contribution in [1.29, 1.82) is 5.41 Å². The van der Waals surface area contributed by atoms with Crippen molar-refractivity contribution in [3.63, 3.8) is 0 Å². The third kappa shape index (κ3) is 2.99. The quantitative estimate of drug-likeness (QED) is 0.717. The van der Waals surface area contributed by atoms with Crippen LogP contribution in [0, 0.1) is 11.2 Å². The van der Waals surface area contributed by atoms with E-state index in [1.165, 1.54) is 18.3 Å². The van der Waals surface area contributed by atoms with E-state index in [4.69, 9.17) is 21.7 Å². The lowest BCUT2D eigenvalue weighted by Gasteiger charge is -2.30. The Kier molecular flexibility index (Phi) is 5.05. The van der Waals surface area contributed by atoms with Crippen molar-refractivity contribution >= 4 is 23.5 Å². The highest BCUT2D eigenvalue weighted by Gasteiger charge is 2.43. The van der Waals surface area contributed by atoms with E-state index in [0.717, 1.165) is 34.8 Å². The molecule has 2 aromatic carbocycles. The summed E-state index contributed by atoms with van der Waals surface area (Å²) in [6, 6.07) is 10.6. The molecule has 1 heterocycles. The maximum atomic E-state index is 13.5. The van der Waals surface area contributed by atoms with Crippen molar-refractivity contribution in [3.05, 3.63) is 70.1 Å². The minimum Gasteiger partial charge on any atom is -0.497 e. The highest BCUT2D eigenvalue weighted by molar-refractivity contribution is 6.31. The second-order valence-electron chi connectivity index (χ2n) is 6.59. The van der Waals surface area contributed by atoms with E-state index in [2.05, 4.69) is 18.7 Å². The number of benzene rings is 2. The topological polar surface area (TPSA) is 36.3 Å². The minimum atomic E-state index is -0.404. The number of hydrogen-bond donors (Lipinski definition) is 1. The van der Waals surface area contributed by atoms with Gasteiger partial charge in [0.2, 0.25) is 0 Å². The molecule has 0 radical (unpaired) electrons. The van der Waals surface area contributed by atoms with Crippen LogP contribution in [-0.4, -0.2) is 19.9 Å². The zero-order valence-electron chi connectivity index (χ0n) is 15.1. The summed E-state index contributed by atoms with van der Waals surface area (Å²) in [7, 11) is 1.65. The van der Waals surface area contributed by atoms with Crippen LogP contribution in [0.5, 0.6) is 5.75 Å². The van der Waals surface area contributed by atoms with Gasteiger partial charge in [0.25, 0.3) is 0 Å². The van der Waals surface area contributed by atoms with Crippen LogP contribution in [0.1, 0.15) is 25.0 Å². The molecule has 0 saturated heterocycles. The molecule has 1 atom stereocenters. The third-order valence-corrected chi connectivity index (χ3v) is 5.41. The summed E-state index contributed by atoms with van der Waals surface area (Å²) < 4.78 is 18.9. The molecule has 3 rings (SSSR count). The van der Waals surface area contributed by atoms with Gasteiger partial charge in [-0.1, -0.05) is 17.7 Å². The first-order valence-corrected chi connectivity index (χ1v) is 8.93. The number of hydrogen-bond acceptors (Lipinski definition) is 3. The Bertz CT molecular complexity index is 880. The van der Waals surface area contributed by atoms with Gasteiger partial charge in [-0.15, -0.1) is 0 Å². The van der Waals surface area contributed by atoms with Crippen LogP contribution >= 0.6 is 11.6 Å². The third-order valence-electron chi connectivity index (χ3n) is 5.06. The molecule has 5 heteroatoms. The number of rotatable bonds is 5. The average Bonchev–Trinajstić information content (AvgIpc) is 2.86. The fourth-order valence-corrected chi connectivity index (χ4v) is 4.04. The second-order valence-corrected chi connectivity index (χ2v) is 7.00. The number of methoxy groups -OCH3 is 1. The van der Waals surface area contributed by atoms with Gasteiger partial charge in [0, 0.05) is 34.6 Å². The van der Waals surface area contributed by atoms with E-state index in [1.54, 1.807) is 13.2 Å². The molecule has 0 saturated carbocycles. The molecule has 1 N–H and O–H groups in total. The highest BCUT2D eigenvalue weighted by Crippen LogP contribution is 2.51. The predicted octanol–water partition coefficient (Wildman–Crippen LogP) is 5.36. The molecule has 0 aliphatic carbocycles. The molecular formula is C21H22ClFN2O. The molecule has 0 spiro atoms. The summed E-state index contributed by atoms with van der Waals surface area (Å²) in [4.78, 5) is 2.21. The van der Waals surface area contributed by atoms with E-state index in [0.29, 0.717) is 11.4 Å². The van der Waals surface area contributed by atoms with Gasteiger partial charge in [-0.25, -0.2) is 4.39 Å². The first-order chi connectivity index (χ1) is 12.4. The Morgan fingerprint density at radius 2 is 2.04 bits per heavy atom. The second kappa shape index (κ2) is 7.12. The number of nitrogens with zero attached hydrogens (tertiary/aromatic N) is 1. The SMILES string of the molecule is CCN1/C(=C\C=N)C(C)(Cc2ccc(F)cc2Cl)c2cc(OC)ccc21. The van der Waals surface area contributed by atoms with Crippen molar-refractivity contribution in [2.75, 3.05) is 18.6 Å². The van der Waals surface area contributed by atoms with Crippen LogP contribution in [0.2, 0.25) is 5.02 Å². The van der Waals surface area contributed by atoms with Crippen LogP contribution in [0.4, 0.5) is 10.1 Å². The van der Waals surface area contributed by atoms with Gasteiger partial charge in [0.05, 0.1) is 7.11 Å². The normalized spacial score (nSPS) is 20.3. The zero-order chi connectivity index (χ0) is 18.9. The average molecular weight is 373 g/mol. The molecule has 0 bridgehead atoms. The van der Waals surface area contributed by atoms with Gasteiger partial charge >= 0.3 is 0 Å². The Hall–Kier alpha value is -2.33. The Labute approximate surface area is 158 Å². The Morgan fingerprint density at radius 3 is 2.65 bits per heavy atom. The van der Waals surface area contributed by atoms with Crippen LogP contribution in [-0.2, 0) is 11.8 Å². The number of nitrogens with one attached hydrogen (secondary N) is 1. The lowest BCUT2D eigenvalue weighted by atomic mass is 9.76. The molecule has 1 aliphatic heterocycles. The van der Waals surface area contributed by atoms with Crippen molar-refractivity contribution in [1.82, 2.24) is 0 Å². The van der Waals surface area contributed by atoms with Gasteiger partial charge in [-0.05, 0) is 67.8 Å². The predicted molar refractivity (Wildman–Crippen MR) is 105 cm³/mol. The molecule has 1 aliphatic rings. The van der Waals surface area contributed by atoms with E-state index in [-0.39, 0.29) is 5.82 Å². The lowest BCUT2D eigenvalue weighted by Crippen LogP contribution is -2.30. The molecule has 0 amide bonds. The van der Waals surface area contributed by atoms with E-state index in [9.17, 15) is 4.39 Å². The first-order valence-electron chi connectivity index (χ1n) is 8.55. The Morgan fingerprint density at radius 1 is 1.27 bits per heavy atom. The van der Waals surface area contributed by atoms with Crippen LogP contribution in [0.15, 0.2) is 48.2 Å².